The second kappa shape index (κ2) is 3.80. The van der Waals surface area contributed by atoms with Crippen molar-refractivity contribution in [3.8, 4) is 0 Å². The Morgan fingerprint density at radius 2 is 1.64 bits per heavy atom. The smallest absolute Gasteiger partial charge is 0.0426 e. The number of halogens is 2. The lowest BCUT2D eigenvalue weighted by Gasteiger charge is -1.95. The van der Waals surface area contributed by atoms with Gasteiger partial charge in [0.1, 0.15) is 0 Å². The van der Waals surface area contributed by atoms with Gasteiger partial charge in [-0.25, -0.2) is 0 Å². The molecule has 0 saturated carbocycles. The number of rotatable bonds is 1. The standard InChI is InChI=1S/C9H7Cl2/c1-2-3-7-4-8(10)6-9(11)5-7/h2-6H,1H2/b3-2+. The van der Waals surface area contributed by atoms with Crippen molar-refractivity contribution in [1.82, 2.24) is 0 Å². The van der Waals surface area contributed by atoms with Gasteiger partial charge in [-0.1, -0.05) is 35.4 Å². The van der Waals surface area contributed by atoms with Gasteiger partial charge in [0, 0.05) is 10.0 Å². The minimum absolute atomic E-state index is 0.644. The van der Waals surface area contributed by atoms with Crippen LogP contribution in [0.5, 0.6) is 0 Å². The van der Waals surface area contributed by atoms with Crippen LogP contribution in [0.4, 0.5) is 0 Å². The predicted octanol–water partition coefficient (Wildman–Crippen LogP) is 3.84. The Labute approximate surface area is 76.4 Å². The van der Waals surface area contributed by atoms with Gasteiger partial charge in [-0.3, -0.25) is 0 Å². The minimum Gasteiger partial charge on any atom is -0.0843 e. The molecule has 0 spiro atoms. The molecule has 0 aliphatic rings. The largest absolute Gasteiger partial charge is 0.0843 e. The highest BCUT2D eigenvalue weighted by molar-refractivity contribution is 6.34. The summed E-state index contributed by atoms with van der Waals surface area (Å²) >= 11 is 11.5. The number of allylic oxidation sites excluding steroid dienone is 1. The maximum atomic E-state index is 5.75. The van der Waals surface area contributed by atoms with Crippen molar-refractivity contribution in [1.29, 1.82) is 0 Å². The van der Waals surface area contributed by atoms with Gasteiger partial charge in [-0.15, -0.1) is 0 Å². The third-order valence-corrected chi connectivity index (χ3v) is 1.63. The zero-order valence-electron chi connectivity index (χ0n) is 5.85. The molecule has 2 heteroatoms. The van der Waals surface area contributed by atoms with Gasteiger partial charge in [0.05, 0.1) is 0 Å². The average Bonchev–Trinajstić information content (AvgIpc) is 1.85. The van der Waals surface area contributed by atoms with Crippen LogP contribution in [0.1, 0.15) is 5.56 Å². The van der Waals surface area contributed by atoms with Crippen LogP contribution in [0.3, 0.4) is 0 Å². The molecule has 11 heavy (non-hydrogen) atoms. The van der Waals surface area contributed by atoms with Crippen molar-refractivity contribution in [2.24, 2.45) is 0 Å². The van der Waals surface area contributed by atoms with Gasteiger partial charge in [0.2, 0.25) is 0 Å². The first-order chi connectivity index (χ1) is 5.22. The van der Waals surface area contributed by atoms with Gasteiger partial charge in [0.15, 0.2) is 0 Å². The average molecular weight is 186 g/mol. The Kier molecular flexibility index (Phi) is 2.98. The lowest BCUT2D eigenvalue weighted by Crippen LogP contribution is -1.72. The van der Waals surface area contributed by atoms with Gasteiger partial charge < -0.3 is 0 Å². The van der Waals surface area contributed by atoms with Crippen LogP contribution in [0, 0.1) is 6.92 Å². The Bertz CT molecular complexity index is 257. The Morgan fingerprint density at radius 1 is 1.09 bits per heavy atom. The molecule has 0 saturated heterocycles. The lowest BCUT2D eigenvalue weighted by molar-refractivity contribution is 1.65. The van der Waals surface area contributed by atoms with Crippen molar-refractivity contribution in [3.05, 3.63) is 46.8 Å². The van der Waals surface area contributed by atoms with Crippen molar-refractivity contribution >= 4 is 29.3 Å². The van der Waals surface area contributed by atoms with Gasteiger partial charge in [0.25, 0.3) is 0 Å². The molecule has 1 aromatic carbocycles. The number of hydrogen-bond acceptors (Lipinski definition) is 0. The summed E-state index contributed by atoms with van der Waals surface area (Å²) in [5, 5.41) is 1.29. The zero-order valence-corrected chi connectivity index (χ0v) is 7.36. The molecule has 0 atom stereocenters. The first-order valence-electron chi connectivity index (χ1n) is 3.14. The summed E-state index contributed by atoms with van der Waals surface area (Å²) in [6, 6.07) is 5.35. The Balaban J connectivity index is 3.08. The molecule has 0 N–H and O–H groups in total. The van der Waals surface area contributed by atoms with E-state index < -0.39 is 0 Å². The van der Waals surface area contributed by atoms with Crippen molar-refractivity contribution in [2.75, 3.05) is 0 Å². The van der Waals surface area contributed by atoms with E-state index in [-0.39, 0.29) is 0 Å². The molecular formula is C9H7Cl2. The van der Waals surface area contributed by atoms with E-state index in [0.29, 0.717) is 10.0 Å². The van der Waals surface area contributed by atoms with E-state index in [0.717, 1.165) is 5.56 Å². The Morgan fingerprint density at radius 3 is 2.09 bits per heavy atom. The lowest BCUT2D eigenvalue weighted by atomic mass is 10.2. The molecule has 57 valence electrons. The van der Waals surface area contributed by atoms with Crippen LogP contribution in [0.15, 0.2) is 24.3 Å². The maximum Gasteiger partial charge on any atom is 0.0426 e. The van der Waals surface area contributed by atoms with Crippen LogP contribution in [0.2, 0.25) is 10.0 Å². The maximum absolute atomic E-state index is 5.75. The second-order valence-electron chi connectivity index (χ2n) is 2.11. The topological polar surface area (TPSA) is 0 Å². The fourth-order valence-corrected chi connectivity index (χ4v) is 1.35. The molecule has 1 aromatic rings. The number of hydrogen-bond donors (Lipinski definition) is 0. The normalized spacial score (nSPS) is 10.8. The quantitative estimate of drug-likeness (QED) is 0.624. The summed E-state index contributed by atoms with van der Waals surface area (Å²) < 4.78 is 0. The highest BCUT2D eigenvalue weighted by Crippen LogP contribution is 2.19. The SMILES string of the molecule is [CH2]/C=C/c1cc(Cl)cc(Cl)c1. The summed E-state index contributed by atoms with van der Waals surface area (Å²) in [5.41, 5.74) is 0.970. The minimum atomic E-state index is 0.644. The molecular weight excluding hydrogens is 179 g/mol. The van der Waals surface area contributed by atoms with Crippen molar-refractivity contribution in [3.63, 3.8) is 0 Å². The Hall–Kier alpha value is -0.460. The highest BCUT2D eigenvalue weighted by atomic mass is 35.5. The van der Waals surface area contributed by atoms with E-state index in [4.69, 9.17) is 23.2 Å². The summed E-state index contributed by atoms with van der Waals surface area (Å²) in [6.45, 7) is 3.57. The van der Waals surface area contributed by atoms with E-state index in [9.17, 15) is 0 Å². The molecule has 0 heterocycles. The van der Waals surface area contributed by atoms with Crippen LogP contribution in [-0.2, 0) is 0 Å². The fraction of sp³-hybridized carbons (Fsp3) is 0. The molecule has 0 aromatic heterocycles. The van der Waals surface area contributed by atoms with E-state index in [1.54, 1.807) is 12.1 Å². The molecule has 1 rings (SSSR count). The summed E-state index contributed by atoms with van der Waals surface area (Å²) in [6.07, 6.45) is 3.54. The third-order valence-electron chi connectivity index (χ3n) is 1.20. The van der Waals surface area contributed by atoms with Crippen molar-refractivity contribution in [2.45, 2.75) is 0 Å². The molecule has 0 aliphatic carbocycles. The summed E-state index contributed by atoms with van der Waals surface area (Å²) in [7, 11) is 0. The third kappa shape index (κ3) is 2.57. The summed E-state index contributed by atoms with van der Waals surface area (Å²) in [5.74, 6) is 0. The van der Waals surface area contributed by atoms with Crippen molar-refractivity contribution < 1.29 is 0 Å². The molecule has 0 bridgehead atoms. The number of benzene rings is 1. The van der Waals surface area contributed by atoms with Crippen LogP contribution >= 0.6 is 23.2 Å². The van der Waals surface area contributed by atoms with Crippen LogP contribution in [-0.4, -0.2) is 0 Å². The molecule has 1 radical (unpaired) electrons. The molecule has 0 fully saturated rings. The zero-order chi connectivity index (χ0) is 8.27. The van der Waals surface area contributed by atoms with E-state index in [2.05, 4.69) is 6.92 Å². The first kappa shape index (κ1) is 8.63. The van der Waals surface area contributed by atoms with Gasteiger partial charge in [-0.05, 0) is 30.7 Å². The molecule has 0 aliphatic heterocycles. The highest BCUT2D eigenvalue weighted by Gasteiger charge is 1.93. The van der Waals surface area contributed by atoms with Gasteiger partial charge >= 0.3 is 0 Å². The molecule has 0 nitrogen and oxygen atoms in total. The second-order valence-corrected chi connectivity index (χ2v) is 2.98. The van der Waals surface area contributed by atoms with E-state index >= 15 is 0 Å². The monoisotopic (exact) mass is 185 g/mol. The van der Waals surface area contributed by atoms with Gasteiger partial charge in [-0.2, -0.15) is 0 Å². The van der Waals surface area contributed by atoms with Crippen LogP contribution < -0.4 is 0 Å². The van der Waals surface area contributed by atoms with E-state index in [1.807, 2.05) is 18.2 Å². The predicted molar refractivity (Wildman–Crippen MR) is 50.9 cm³/mol. The molecule has 0 amide bonds. The fourth-order valence-electron chi connectivity index (χ4n) is 0.807. The molecule has 0 unspecified atom stereocenters. The first-order valence-corrected chi connectivity index (χ1v) is 3.90. The van der Waals surface area contributed by atoms with Crippen LogP contribution in [0.25, 0.3) is 6.08 Å². The summed E-state index contributed by atoms with van der Waals surface area (Å²) in [4.78, 5) is 0. The van der Waals surface area contributed by atoms with E-state index in [1.165, 1.54) is 0 Å².